The van der Waals surface area contributed by atoms with Gasteiger partial charge in [0.2, 0.25) is 0 Å². The van der Waals surface area contributed by atoms with Crippen LogP contribution in [0.2, 0.25) is 0 Å². The number of ether oxygens (including phenoxy) is 4. The van der Waals surface area contributed by atoms with Crippen molar-refractivity contribution in [2.45, 2.75) is 49.6 Å². The van der Waals surface area contributed by atoms with Crippen molar-refractivity contribution in [1.82, 2.24) is 15.1 Å². The normalized spacial score (nSPS) is 23.7. The lowest BCUT2D eigenvalue weighted by atomic mass is 9.69. The highest BCUT2D eigenvalue weighted by atomic mass is 16.6. The van der Waals surface area contributed by atoms with E-state index < -0.39 is 0 Å². The van der Waals surface area contributed by atoms with Gasteiger partial charge in [-0.2, -0.15) is 0 Å². The van der Waals surface area contributed by atoms with Gasteiger partial charge < -0.3 is 29.2 Å². The number of benzene rings is 1. The van der Waals surface area contributed by atoms with Gasteiger partial charge in [-0.1, -0.05) is 30.3 Å². The summed E-state index contributed by atoms with van der Waals surface area (Å²) < 4.78 is 21.2. The van der Waals surface area contributed by atoms with Crippen LogP contribution < -0.4 is 5.32 Å². The molecule has 1 heterocycles. The summed E-state index contributed by atoms with van der Waals surface area (Å²) in [6.45, 7) is 4.45. The van der Waals surface area contributed by atoms with Gasteiger partial charge in [0.25, 0.3) is 0 Å². The van der Waals surface area contributed by atoms with E-state index in [-0.39, 0.29) is 29.4 Å². The molecule has 3 rings (SSSR count). The van der Waals surface area contributed by atoms with Gasteiger partial charge in [-0.15, -0.1) is 0 Å². The summed E-state index contributed by atoms with van der Waals surface area (Å²) >= 11 is 0. The van der Waals surface area contributed by atoms with Crippen molar-refractivity contribution in [3.8, 4) is 0 Å². The number of nitrogens with zero attached hydrogens (tertiary/aromatic N) is 2. The second-order valence-electron chi connectivity index (χ2n) is 10.3. The maximum atomic E-state index is 12.7. The average Bonchev–Trinajstić information content (AvgIpc) is 3.19. The summed E-state index contributed by atoms with van der Waals surface area (Å²) in [6, 6.07) is 10.5. The fourth-order valence-corrected chi connectivity index (χ4v) is 5.43. The Bertz CT molecular complexity index is 826. The number of nitrogens with one attached hydrogen (secondary N) is 1. The summed E-state index contributed by atoms with van der Waals surface area (Å²) in [5.74, 6) is 0.0722. The second kappa shape index (κ2) is 14.8. The van der Waals surface area contributed by atoms with Crippen molar-refractivity contribution in [3.63, 3.8) is 0 Å². The van der Waals surface area contributed by atoms with E-state index in [0.717, 1.165) is 25.7 Å². The molecule has 1 spiro atoms. The lowest BCUT2D eigenvalue weighted by Crippen LogP contribution is -2.54. The Kier molecular flexibility index (Phi) is 11.8. The number of carbonyl (C=O) groups excluding carboxylic acids is 2. The highest BCUT2D eigenvalue weighted by molar-refractivity contribution is 5.87. The van der Waals surface area contributed by atoms with Crippen molar-refractivity contribution in [2.75, 3.05) is 80.5 Å². The first-order chi connectivity index (χ1) is 17.9. The molecule has 2 amide bonds. The molecule has 0 radical (unpaired) electrons. The quantitative estimate of drug-likeness (QED) is 0.317. The van der Waals surface area contributed by atoms with Crippen LogP contribution in [0.5, 0.6) is 0 Å². The predicted molar refractivity (Wildman–Crippen MR) is 142 cm³/mol. The molecule has 37 heavy (non-hydrogen) atoms. The molecule has 208 valence electrons. The number of hydrogen-bond donors (Lipinski definition) is 1. The third kappa shape index (κ3) is 8.48. The van der Waals surface area contributed by atoms with Crippen LogP contribution in [0.1, 0.15) is 44.1 Å². The minimum atomic E-state index is -0.246. The molecule has 1 saturated heterocycles. The van der Waals surface area contributed by atoms with Gasteiger partial charge in [-0.05, 0) is 51.8 Å². The summed E-state index contributed by atoms with van der Waals surface area (Å²) in [7, 11) is 5.92. The first-order valence-electron chi connectivity index (χ1n) is 13.4. The number of amides is 2. The van der Waals surface area contributed by atoms with Crippen molar-refractivity contribution in [2.24, 2.45) is 0 Å². The van der Waals surface area contributed by atoms with Crippen LogP contribution in [0.3, 0.4) is 0 Å². The Hall–Kier alpha value is -2.04. The van der Waals surface area contributed by atoms with E-state index in [1.165, 1.54) is 5.56 Å². The first kappa shape index (κ1) is 29.5. The van der Waals surface area contributed by atoms with Crippen molar-refractivity contribution in [3.05, 3.63) is 35.9 Å². The molecular weight excluding hydrogens is 474 g/mol. The van der Waals surface area contributed by atoms with E-state index in [1.807, 2.05) is 6.07 Å². The first-order valence-corrected chi connectivity index (χ1v) is 13.4. The van der Waals surface area contributed by atoms with Crippen LogP contribution in [0.25, 0.3) is 0 Å². The molecule has 2 aliphatic rings. The van der Waals surface area contributed by atoms with Crippen LogP contribution in [0, 0.1) is 0 Å². The fourth-order valence-electron chi connectivity index (χ4n) is 5.43. The van der Waals surface area contributed by atoms with Crippen molar-refractivity contribution >= 4 is 11.8 Å². The zero-order chi connectivity index (χ0) is 26.6. The molecular formula is C28H45N3O6. The molecule has 1 aliphatic carbocycles. The number of carbonyl (C=O) groups is 2. The van der Waals surface area contributed by atoms with Crippen LogP contribution >= 0.6 is 0 Å². The average molecular weight is 520 g/mol. The van der Waals surface area contributed by atoms with E-state index in [0.29, 0.717) is 65.6 Å². The third-order valence-electron chi connectivity index (χ3n) is 7.64. The fraction of sp³-hybridized carbons (Fsp3) is 0.714. The molecule has 1 aromatic rings. The van der Waals surface area contributed by atoms with E-state index in [4.69, 9.17) is 18.9 Å². The summed E-state index contributed by atoms with van der Waals surface area (Å²) in [5, 5.41) is 3.23. The van der Waals surface area contributed by atoms with Crippen LogP contribution in [0.4, 0.5) is 4.79 Å². The largest absolute Gasteiger partial charge is 0.382 e. The molecule has 0 bridgehead atoms. The van der Waals surface area contributed by atoms with E-state index in [9.17, 15) is 9.59 Å². The van der Waals surface area contributed by atoms with Gasteiger partial charge >= 0.3 is 6.03 Å². The number of Topliss-reactive ketones (excluding diaryl/α,β-unsaturated/α-hetero) is 1. The molecule has 1 saturated carbocycles. The van der Waals surface area contributed by atoms with Crippen molar-refractivity contribution in [1.29, 1.82) is 0 Å². The Balaban J connectivity index is 1.32. The Labute approximate surface area is 221 Å². The Morgan fingerprint density at radius 3 is 2.11 bits per heavy atom. The smallest absolute Gasteiger partial charge is 0.318 e. The predicted octanol–water partition coefficient (Wildman–Crippen LogP) is 2.83. The Morgan fingerprint density at radius 2 is 1.51 bits per heavy atom. The number of rotatable bonds is 17. The molecule has 1 aromatic carbocycles. The summed E-state index contributed by atoms with van der Waals surface area (Å²) in [5.41, 5.74) is 1.05. The number of ketones is 1. The summed E-state index contributed by atoms with van der Waals surface area (Å²) in [4.78, 5) is 29.3. The Morgan fingerprint density at radius 1 is 0.919 bits per heavy atom. The number of methoxy groups -OCH3 is 1. The maximum absolute atomic E-state index is 12.7. The molecule has 0 aromatic heterocycles. The SMILES string of the molecule is COCCOCCOCCOCCCC(=O)CN1CC2(CCC(c3ccccc3)(N(C)C)CC2)NC1=O. The topological polar surface area (TPSA) is 89.6 Å². The molecule has 2 fully saturated rings. The van der Waals surface area contributed by atoms with Gasteiger partial charge in [0.1, 0.15) is 0 Å². The molecule has 1 N–H and O–H groups in total. The van der Waals surface area contributed by atoms with Gasteiger partial charge in [0.15, 0.2) is 5.78 Å². The highest BCUT2D eigenvalue weighted by Gasteiger charge is 2.50. The zero-order valence-corrected chi connectivity index (χ0v) is 22.8. The van der Waals surface area contributed by atoms with Crippen LogP contribution in [0.15, 0.2) is 30.3 Å². The molecule has 0 unspecified atom stereocenters. The lowest BCUT2D eigenvalue weighted by molar-refractivity contribution is -0.120. The minimum Gasteiger partial charge on any atom is -0.382 e. The van der Waals surface area contributed by atoms with E-state index >= 15 is 0 Å². The lowest BCUT2D eigenvalue weighted by Gasteiger charge is -2.48. The monoisotopic (exact) mass is 519 g/mol. The standard InChI is InChI=1S/C28H45N3O6/c1-30(2)28(24-8-5-4-6-9-24)13-11-27(12-14-28)23-31(26(33)29-27)22-25(32)10-7-15-35-18-19-37-21-20-36-17-16-34-3/h4-6,8-9H,7,10-23H2,1-3H3,(H,29,33). The van der Waals surface area contributed by atoms with Gasteiger partial charge in [0, 0.05) is 32.2 Å². The van der Waals surface area contributed by atoms with Crippen molar-refractivity contribution < 1.29 is 28.5 Å². The zero-order valence-electron chi connectivity index (χ0n) is 22.8. The van der Waals surface area contributed by atoms with E-state index in [2.05, 4.69) is 48.6 Å². The molecule has 9 nitrogen and oxygen atoms in total. The van der Waals surface area contributed by atoms with E-state index in [1.54, 1.807) is 12.0 Å². The highest BCUT2D eigenvalue weighted by Crippen LogP contribution is 2.45. The second-order valence-corrected chi connectivity index (χ2v) is 10.3. The van der Waals surface area contributed by atoms with Gasteiger partial charge in [-0.25, -0.2) is 4.79 Å². The maximum Gasteiger partial charge on any atom is 0.318 e. The number of urea groups is 1. The van der Waals surface area contributed by atoms with Crippen LogP contribution in [-0.4, -0.2) is 108 Å². The van der Waals surface area contributed by atoms with Gasteiger partial charge in [-0.3, -0.25) is 9.69 Å². The number of hydrogen-bond acceptors (Lipinski definition) is 7. The molecule has 0 atom stereocenters. The van der Waals surface area contributed by atoms with Gasteiger partial charge in [0.05, 0.1) is 51.7 Å². The summed E-state index contributed by atoms with van der Waals surface area (Å²) in [6.07, 6.45) is 4.77. The molecule has 1 aliphatic heterocycles. The minimum absolute atomic E-state index is 0.0244. The van der Waals surface area contributed by atoms with Crippen LogP contribution in [-0.2, 0) is 29.3 Å². The molecule has 9 heteroatoms. The third-order valence-corrected chi connectivity index (χ3v) is 7.64.